The van der Waals surface area contributed by atoms with Gasteiger partial charge in [0.1, 0.15) is 5.82 Å². The summed E-state index contributed by atoms with van der Waals surface area (Å²) in [5.41, 5.74) is 9.22. The molecule has 0 aliphatic carbocycles. The van der Waals surface area contributed by atoms with Crippen molar-refractivity contribution in [2.45, 2.75) is 83.5 Å². The Labute approximate surface area is 212 Å². The van der Waals surface area contributed by atoms with E-state index in [4.69, 9.17) is 4.98 Å². The molecule has 2 nitrogen and oxygen atoms in total. The van der Waals surface area contributed by atoms with Crippen LogP contribution in [0.1, 0.15) is 75.0 Å². The quantitative estimate of drug-likeness (QED) is 0.260. The molecule has 3 aromatic carbocycles. The molecule has 0 unspecified atom stereocenters. The summed E-state index contributed by atoms with van der Waals surface area (Å²) in [6, 6.07) is 27.3. The van der Waals surface area contributed by atoms with E-state index in [0.717, 1.165) is 16.9 Å². The third-order valence-corrected chi connectivity index (χ3v) is 11.3. The molecule has 5 rings (SSSR count). The molecule has 0 N–H and O–H groups in total. The molecular weight excluding hydrogens is 440 g/mol. The Hall–Kier alpha value is -2.65. The predicted molar refractivity (Wildman–Crippen MR) is 154 cm³/mol. The summed E-state index contributed by atoms with van der Waals surface area (Å²) < 4.78 is 2.45. The Morgan fingerprint density at radius 3 is 1.97 bits per heavy atom. The molecule has 1 saturated heterocycles. The fraction of sp³-hybridized carbons (Fsp3) is 0.406. The van der Waals surface area contributed by atoms with Gasteiger partial charge < -0.3 is 0 Å². The minimum absolute atomic E-state index is 0.432. The summed E-state index contributed by atoms with van der Waals surface area (Å²) in [5, 5.41) is 0. The van der Waals surface area contributed by atoms with Crippen LogP contribution in [-0.4, -0.2) is 17.6 Å². The van der Waals surface area contributed by atoms with Crippen LogP contribution >= 0.6 is 0 Å². The van der Waals surface area contributed by atoms with Crippen LogP contribution in [0, 0.1) is 0 Å². The summed E-state index contributed by atoms with van der Waals surface area (Å²) in [4.78, 5) is 5.16. The number of nitrogens with zero attached hydrogens (tertiary/aromatic N) is 2. The minimum Gasteiger partial charge on any atom is -0.292 e. The normalized spacial score (nSPS) is 16.5. The van der Waals surface area contributed by atoms with Crippen LogP contribution in [0.4, 0.5) is 0 Å². The van der Waals surface area contributed by atoms with Crippen molar-refractivity contribution in [3.8, 4) is 17.1 Å². The van der Waals surface area contributed by atoms with Crippen LogP contribution in [0.25, 0.3) is 28.1 Å². The average Bonchev–Trinajstić information content (AvgIpc) is 3.23. The van der Waals surface area contributed by atoms with E-state index >= 15 is 0 Å². The van der Waals surface area contributed by atoms with Crippen LogP contribution in [-0.2, 0) is 0 Å². The van der Waals surface area contributed by atoms with E-state index in [1.165, 1.54) is 47.3 Å². The molecule has 35 heavy (non-hydrogen) atoms. The highest BCUT2D eigenvalue weighted by atomic mass is 28.3. The van der Waals surface area contributed by atoms with Crippen molar-refractivity contribution in [3.05, 3.63) is 83.4 Å². The number of para-hydroxylation sites is 2. The lowest BCUT2D eigenvalue weighted by atomic mass is 9.84. The largest absolute Gasteiger partial charge is 0.292 e. The standard InChI is InChI=1S/C32H40N2Si/c1-22(2)27-20-26(24-16-18-35(5,6)19-17-24)21-28(23(3)4)31(27)34-30-15-11-10-14-29(30)33-32(34)25-12-8-7-9-13-25/h7-15,20-24H,16-19H2,1-6H3. The second kappa shape index (κ2) is 9.42. The second-order valence-electron chi connectivity index (χ2n) is 11.9. The van der Waals surface area contributed by atoms with Gasteiger partial charge in [0.25, 0.3) is 0 Å². The van der Waals surface area contributed by atoms with Crippen molar-refractivity contribution in [3.63, 3.8) is 0 Å². The Morgan fingerprint density at radius 2 is 1.37 bits per heavy atom. The monoisotopic (exact) mass is 480 g/mol. The molecular formula is C32H40N2Si. The topological polar surface area (TPSA) is 17.8 Å². The number of benzene rings is 3. The number of hydrogen-bond donors (Lipinski definition) is 0. The Bertz CT molecular complexity index is 1290. The first-order chi connectivity index (χ1) is 16.7. The van der Waals surface area contributed by atoms with Gasteiger partial charge in [0, 0.05) is 13.6 Å². The molecule has 0 radical (unpaired) electrons. The average molecular weight is 481 g/mol. The van der Waals surface area contributed by atoms with Crippen molar-refractivity contribution in [1.82, 2.24) is 9.55 Å². The lowest BCUT2D eigenvalue weighted by Crippen LogP contribution is -2.30. The Kier molecular flexibility index (Phi) is 6.48. The Morgan fingerprint density at radius 1 is 0.800 bits per heavy atom. The fourth-order valence-corrected chi connectivity index (χ4v) is 8.35. The van der Waals surface area contributed by atoms with Crippen molar-refractivity contribution in [2.75, 3.05) is 0 Å². The first-order valence-electron chi connectivity index (χ1n) is 13.5. The molecule has 1 fully saturated rings. The number of rotatable bonds is 5. The van der Waals surface area contributed by atoms with Gasteiger partial charge in [-0.2, -0.15) is 0 Å². The van der Waals surface area contributed by atoms with Gasteiger partial charge in [-0.1, -0.05) is 107 Å². The van der Waals surface area contributed by atoms with Crippen LogP contribution < -0.4 is 0 Å². The zero-order chi connectivity index (χ0) is 24.7. The van der Waals surface area contributed by atoms with E-state index in [-0.39, 0.29) is 0 Å². The summed E-state index contributed by atoms with van der Waals surface area (Å²) in [6.45, 7) is 14.5. The van der Waals surface area contributed by atoms with Crippen molar-refractivity contribution in [1.29, 1.82) is 0 Å². The number of aromatic nitrogens is 2. The van der Waals surface area contributed by atoms with E-state index in [2.05, 4.69) is 112 Å². The second-order valence-corrected chi connectivity index (χ2v) is 17.2. The maximum absolute atomic E-state index is 5.16. The fourth-order valence-electron chi connectivity index (χ4n) is 5.84. The third kappa shape index (κ3) is 4.63. The SMILES string of the molecule is CC(C)c1cc(C2CC[Si](C)(C)CC2)cc(C(C)C)c1-n1c(-c2ccccc2)nc2ccccc21. The molecule has 1 aliphatic heterocycles. The summed E-state index contributed by atoms with van der Waals surface area (Å²) in [5.74, 6) is 2.60. The van der Waals surface area contributed by atoms with E-state index in [1.807, 2.05) is 0 Å². The van der Waals surface area contributed by atoms with Crippen LogP contribution in [0.2, 0.25) is 25.2 Å². The highest BCUT2D eigenvalue weighted by Gasteiger charge is 2.31. The predicted octanol–water partition coefficient (Wildman–Crippen LogP) is 9.53. The van der Waals surface area contributed by atoms with Gasteiger partial charge in [0.05, 0.1) is 16.7 Å². The van der Waals surface area contributed by atoms with Crippen molar-refractivity contribution in [2.24, 2.45) is 0 Å². The summed E-state index contributed by atoms with van der Waals surface area (Å²) in [7, 11) is -0.978. The van der Waals surface area contributed by atoms with Crippen LogP contribution in [0.3, 0.4) is 0 Å². The van der Waals surface area contributed by atoms with E-state index < -0.39 is 8.07 Å². The smallest absolute Gasteiger partial charge is 0.145 e. The number of hydrogen-bond acceptors (Lipinski definition) is 1. The molecule has 0 amide bonds. The number of fused-ring (bicyclic) bond motifs is 1. The van der Waals surface area contributed by atoms with Gasteiger partial charge in [0.15, 0.2) is 0 Å². The van der Waals surface area contributed by atoms with E-state index in [1.54, 1.807) is 5.56 Å². The third-order valence-electron chi connectivity index (χ3n) is 8.06. The zero-order valence-electron chi connectivity index (χ0n) is 22.3. The molecule has 0 bridgehead atoms. The molecule has 1 aliphatic rings. The van der Waals surface area contributed by atoms with E-state index in [9.17, 15) is 0 Å². The van der Waals surface area contributed by atoms with Gasteiger partial charge in [-0.05, 0) is 59.4 Å². The summed E-state index contributed by atoms with van der Waals surface area (Å²) >= 11 is 0. The van der Waals surface area contributed by atoms with Crippen molar-refractivity contribution >= 4 is 19.1 Å². The lowest BCUT2D eigenvalue weighted by molar-refractivity contribution is 0.599. The van der Waals surface area contributed by atoms with Gasteiger partial charge in [0.2, 0.25) is 0 Å². The molecule has 2 heterocycles. The van der Waals surface area contributed by atoms with Gasteiger partial charge >= 0.3 is 0 Å². The molecule has 4 aromatic rings. The van der Waals surface area contributed by atoms with Crippen LogP contribution in [0.5, 0.6) is 0 Å². The Balaban J connectivity index is 1.77. The van der Waals surface area contributed by atoms with Gasteiger partial charge in [-0.15, -0.1) is 0 Å². The maximum atomic E-state index is 5.16. The highest BCUT2D eigenvalue weighted by Crippen LogP contribution is 2.43. The first kappa shape index (κ1) is 24.1. The van der Waals surface area contributed by atoms with Gasteiger partial charge in [-0.3, -0.25) is 4.57 Å². The van der Waals surface area contributed by atoms with Crippen molar-refractivity contribution < 1.29 is 0 Å². The number of imidazole rings is 1. The summed E-state index contributed by atoms with van der Waals surface area (Å²) in [6.07, 6.45) is 2.72. The molecule has 0 saturated carbocycles. The van der Waals surface area contributed by atoms with E-state index in [0.29, 0.717) is 17.8 Å². The maximum Gasteiger partial charge on any atom is 0.145 e. The molecule has 1 aromatic heterocycles. The molecule has 0 spiro atoms. The zero-order valence-corrected chi connectivity index (χ0v) is 23.3. The van der Waals surface area contributed by atoms with Crippen LogP contribution in [0.15, 0.2) is 66.7 Å². The molecule has 0 atom stereocenters. The molecule has 3 heteroatoms. The van der Waals surface area contributed by atoms with Gasteiger partial charge in [-0.25, -0.2) is 4.98 Å². The minimum atomic E-state index is -0.978. The lowest BCUT2D eigenvalue weighted by Gasteiger charge is -2.34. The molecule has 182 valence electrons. The highest BCUT2D eigenvalue weighted by molar-refractivity contribution is 6.77. The first-order valence-corrected chi connectivity index (χ1v) is 16.9.